The van der Waals surface area contributed by atoms with E-state index >= 15 is 0 Å². The summed E-state index contributed by atoms with van der Waals surface area (Å²) in [4.78, 5) is 14.2. The van der Waals surface area contributed by atoms with Gasteiger partial charge < -0.3 is 15.4 Å². The molecule has 2 rings (SSSR count). The molecular weight excluding hydrogens is 290 g/mol. The first-order valence-corrected chi connectivity index (χ1v) is 7.60. The van der Waals surface area contributed by atoms with E-state index in [1.807, 2.05) is 19.2 Å². The van der Waals surface area contributed by atoms with Gasteiger partial charge in [-0.2, -0.15) is 0 Å². The second kappa shape index (κ2) is 8.34. The first-order valence-electron chi connectivity index (χ1n) is 7.22. The Hall–Kier alpha value is -1.14. The Balaban J connectivity index is 1.75. The van der Waals surface area contributed by atoms with Gasteiger partial charge in [0.1, 0.15) is 0 Å². The van der Waals surface area contributed by atoms with Gasteiger partial charge in [-0.3, -0.25) is 9.69 Å². The molecule has 1 amide bonds. The maximum Gasteiger partial charge on any atom is 0.225 e. The summed E-state index contributed by atoms with van der Waals surface area (Å²) < 4.78 is 5.64. The Morgan fingerprint density at radius 3 is 3.05 bits per heavy atom. The predicted octanol–water partition coefficient (Wildman–Crippen LogP) is 1.59. The molecule has 0 spiro atoms. The molecule has 0 radical (unpaired) electrons. The van der Waals surface area contributed by atoms with Crippen LogP contribution in [0.3, 0.4) is 0 Å². The molecule has 21 heavy (non-hydrogen) atoms. The molecule has 1 atom stereocenters. The number of carbonyl (C=O) groups excluding carboxylic acids is 1. The molecule has 1 aromatic rings. The zero-order valence-electron chi connectivity index (χ0n) is 12.3. The van der Waals surface area contributed by atoms with Gasteiger partial charge in [0, 0.05) is 32.6 Å². The van der Waals surface area contributed by atoms with Crippen LogP contribution in [0.5, 0.6) is 0 Å². The molecule has 0 bridgehead atoms. The van der Waals surface area contributed by atoms with E-state index in [2.05, 4.69) is 15.5 Å². The zero-order valence-corrected chi connectivity index (χ0v) is 13.0. The van der Waals surface area contributed by atoms with Crippen LogP contribution >= 0.6 is 11.6 Å². The molecule has 1 aliphatic rings. The number of hydrogen-bond acceptors (Lipinski definition) is 4. The number of rotatable bonds is 6. The SMILES string of the molecule is CNCC1CN(CCC(=O)Nc2ccccc2Cl)CCO1. The third-order valence-electron chi connectivity index (χ3n) is 3.46. The number of nitrogens with one attached hydrogen (secondary N) is 2. The second-order valence-electron chi connectivity index (χ2n) is 5.13. The fourth-order valence-electron chi connectivity index (χ4n) is 2.37. The molecule has 2 N–H and O–H groups in total. The van der Waals surface area contributed by atoms with Gasteiger partial charge in [-0.1, -0.05) is 23.7 Å². The van der Waals surface area contributed by atoms with Crippen LogP contribution in [0.4, 0.5) is 5.69 Å². The molecule has 0 saturated carbocycles. The Morgan fingerprint density at radius 1 is 1.48 bits per heavy atom. The van der Waals surface area contributed by atoms with E-state index < -0.39 is 0 Å². The Labute approximate surface area is 130 Å². The van der Waals surface area contributed by atoms with Crippen molar-refractivity contribution in [2.45, 2.75) is 12.5 Å². The third kappa shape index (κ3) is 5.28. The number of benzene rings is 1. The van der Waals surface area contributed by atoms with Crippen LogP contribution in [0.1, 0.15) is 6.42 Å². The molecule has 1 aliphatic heterocycles. The van der Waals surface area contributed by atoms with Gasteiger partial charge in [0.15, 0.2) is 0 Å². The summed E-state index contributed by atoms with van der Waals surface area (Å²) in [5.74, 6) is -0.0141. The average Bonchev–Trinajstić information content (AvgIpc) is 2.48. The molecule has 0 aromatic heterocycles. The summed E-state index contributed by atoms with van der Waals surface area (Å²) in [6.45, 7) is 4.03. The molecular formula is C15H22ClN3O2. The lowest BCUT2D eigenvalue weighted by Gasteiger charge is -2.32. The van der Waals surface area contributed by atoms with Crippen LogP contribution in [0.2, 0.25) is 5.02 Å². The molecule has 5 nitrogen and oxygen atoms in total. The molecule has 1 heterocycles. The normalized spacial score (nSPS) is 19.4. The predicted molar refractivity (Wildman–Crippen MR) is 84.8 cm³/mol. The van der Waals surface area contributed by atoms with Crippen molar-refractivity contribution in [3.63, 3.8) is 0 Å². The molecule has 0 aliphatic carbocycles. The Morgan fingerprint density at radius 2 is 2.29 bits per heavy atom. The van der Waals surface area contributed by atoms with Crippen LogP contribution in [-0.2, 0) is 9.53 Å². The van der Waals surface area contributed by atoms with Crippen LogP contribution < -0.4 is 10.6 Å². The molecule has 1 aromatic carbocycles. The monoisotopic (exact) mass is 311 g/mol. The maximum absolute atomic E-state index is 12.0. The fraction of sp³-hybridized carbons (Fsp3) is 0.533. The highest BCUT2D eigenvalue weighted by molar-refractivity contribution is 6.33. The first-order chi connectivity index (χ1) is 10.2. The number of carbonyl (C=O) groups is 1. The summed E-state index contributed by atoms with van der Waals surface area (Å²) in [6.07, 6.45) is 0.660. The average molecular weight is 312 g/mol. The third-order valence-corrected chi connectivity index (χ3v) is 3.79. The maximum atomic E-state index is 12.0. The highest BCUT2D eigenvalue weighted by Crippen LogP contribution is 2.20. The van der Waals surface area contributed by atoms with Crippen LogP contribution in [-0.4, -0.2) is 56.7 Å². The number of likely N-dealkylation sites (N-methyl/N-ethyl adjacent to an activating group) is 1. The number of anilines is 1. The lowest BCUT2D eigenvalue weighted by Crippen LogP contribution is -2.46. The van der Waals surface area contributed by atoms with Gasteiger partial charge in [0.2, 0.25) is 5.91 Å². The van der Waals surface area contributed by atoms with E-state index in [-0.39, 0.29) is 12.0 Å². The lowest BCUT2D eigenvalue weighted by atomic mass is 10.2. The van der Waals surface area contributed by atoms with Gasteiger partial charge in [0.05, 0.1) is 23.4 Å². The minimum Gasteiger partial charge on any atom is -0.374 e. The number of para-hydroxylation sites is 1. The smallest absolute Gasteiger partial charge is 0.225 e. The standard InChI is InChI=1S/C15H22ClN3O2/c1-17-10-12-11-19(8-9-21-12)7-6-15(20)18-14-5-3-2-4-13(14)16/h2-5,12,17H,6-11H2,1H3,(H,18,20). The van der Waals surface area contributed by atoms with Crippen molar-refractivity contribution in [1.82, 2.24) is 10.2 Å². The van der Waals surface area contributed by atoms with Crippen LogP contribution in [0, 0.1) is 0 Å². The van der Waals surface area contributed by atoms with Crippen molar-refractivity contribution >= 4 is 23.2 Å². The topological polar surface area (TPSA) is 53.6 Å². The van der Waals surface area contributed by atoms with E-state index in [1.165, 1.54) is 0 Å². The highest BCUT2D eigenvalue weighted by atomic mass is 35.5. The second-order valence-corrected chi connectivity index (χ2v) is 5.54. The van der Waals surface area contributed by atoms with Crippen LogP contribution in [0.15, 0.2) is 24.3 Å². The number of morpholine rings is 1. The van der Waals surface area contributed by atoms with Gasteiger partial charge in [-0.15, -0.1) is 0 Å². The Kier molecular flexibility index (Phi) is 6.45. The van der Waals surface area contributed by atoms with Gasteiger partial charge in [0.25, 0.3) is 0 Å². The van der Waals surface area contributed by atoms with E-state index in [1.54, 1.807) is 12.1 Å². The van der Waals surface area contributed by atoms with E-state index in [9.17, 15) is 4.79 Å². The summed E-state index contributed by atoms with van der Waals surface area (Å²) in [7, 11) is 1.92. The lowest BCUT2D eigenvalue weighted by molar-refractivity contribution is -0.117. The number of amides is 1. The zero-order chi connectivity index (χ0) is 15.1. The van der Waals surface area contributed by atoms with Gasteiger partial charge in [-0.25, -0.2) is 0 Å². The quantitative estimate of drug-likeness (QED) is 0.838. The molecule has 1 saturated heterocycles. The minimum absolute atomic E-state index is 0.0141. The summed E-state index contributed by atoms with van der Waals surface area (Å²) in [5.41, 5.74) is 0.666. The summed E-state index contributed by atoms with van der Waals surface area (Å²) in [6, 6.07) is 7.26. The molecule has 1 fully saturated rings. The molecule has 1 unspecified atom stereocenters. The van der Waals surface area contributed by atoms with E-state index in [0.29, 0.717) is 17.1 Å². The summed E-state index contributed by atoms with van der Waals surface area (Å²) in [5, 5.41) is 6.52. The van der Waals surface area contributed by atoms with Gasteiger partial charge >= 0.3 is 0 Å². The van der Waals surface area contributed by atoms with Crippen molar-refractivity contribution in [2.75, 3.05) is 45.2 Å². The van der Waals surface area contributed by atoms with E-state index in [0.717, 1.165) is 32.8 Å². The molecule has 116 valence electrons. The first kappa shape index (κ1) is 16.2. The van der Waals surface area contributed by atoms with Crippen molar-refractivity contribution in [1.29, 1.82) is 0 Å². The van der Waals surface area contributed by atoms with E-state index in [4.69, 9.17) is 16.3 Å². The number of halogens is 1. The fourth-order valence-corrected chi connectivity index (χ4v) is 2.55. The highest BCUT2D eigenvalue weighted by Gasteiger charge is 2.20. The van der Waals surface area contributed by atoms with Crippen molar-refractivity contribution in [3.8, 4) is 0 Å². The van der Waals surface area contributed by atoms with Gasteiger partial charge in [-0.05, 0) is 19.2 Å². The van der Waals surface area contributed by atoms with Crippen LogP contribution in [0.25, 0.3) is 0 Å². The summed E-state index contributed by atoms with van der Waals surface area (Å²) >= 11 is 6.02. The van der Waals surface area contributed by atoms with Crippen molar-refractivity contribution in [3.05, 3.63) is 29.3 Å². The van der Waals surface area contributed by atoms with Crippen molar-refractivity contribution < 1.29 is 9.53 Å². The minimum atomic E-state index is -0.0141. The number of nitrogens with zero attached hydrogens (tertiary/aromatic N) is 1. The largest absolute Gasteiger partial charge is 0.374 e. The Bertz CT molecular complexity index is 468. The molecule has 6 heteroatoms. The number of ether oxygens (including phenoxy) is 1. The van der Waals surface area contributed by atoms with Crippen molar-refractivity contribution in [2.24, 2.45) is 0 Å². The number of hydrogen-bond donors (Lipinski definition) is 2.